The topological polar surface area (TPSA) is 69.7 Å². The number of carbonyl (C=O) groups excluding carboxylic acids is 1. The summed E-state index contributed by atoms with van der Waals surface area (Å²) in [7, 11) is 0. The molecule has 1 saturated heterocycles. The Bertz CT molecular complexity index is 346. The van der Waals surface area contributed by atoms with Gasteiger partial charge in [-0.3, -0.25) is 8.98 Å². The first-order valence-corrected chi connectivity index (χ1v) is 7.80. The number of hydrogen-bond donors (Lipinski definition) is 0. The van der Waals surface area contributed by atoms with Crippen LogP contribution in [0.1, 0.15) is 47.0 Å². The van der Waals surface area contributed by atoms with Crippen LogP contribution in [0.3, 0.4) is 0 Å². The third-order valence-corrected chi connectivity index (χ3v) is 3.95. The molecule has 1 aliphatic heterocycles. The fourth-order valence-corrected chi connectivity index (χ4v) is 3.26. The van der Waals surface area contributed by atoms with Gasteiger partial charge in [0, 0.05) is 13.1 Å². The molecule has 0 aliphatic carbocycles. The Hall–Kier alpha value is -0.460. The van der Waals surface area contributed by atoms with Crippen molar-refractivity contribution in [2.75, 3.05) is 13.1 Å². The lowest BCUT2D eigenvalue weighted by Gasteiger charge is -2.32. The van der Waals surface area contributed by atoms with Crippen LogP contribution in [0.25, 0.3) is 0 Å². The molecule has 0 aromatic carbocycles. The first-order valence-electron chi connectivity index (χ1n) is 6.80. The molecule has 3 atom stereocenters. The predicted molar refractivity (Wildman–Crippen MR) is 72.8 cm³/mol. The second-order valence-corrected chi connectivity index (χ2v) is 6.82. The minimum atomic E-state index is -2.65. The van der Waals surface area contributed by atoms with Crippen molar-refractivity contribution < 1.29 is 17.7 Å². The summed E-state index contributed by atoms with van der Waals surface area (Å²) in [5, 5.41) is 0. The van der Waals surface area contributed by atoms with Crippen molar-refractivity contribution in [3.63, 3.8) is 0 Å². The lowest BCUT2D eigenvalue weighted by atomic mass is 9.83. The molecule has 0 spiro atoms. The van der Waals surface area contributed by atoms with E-state index in [1.807, 2.05) is 0 Å². The largest absolute Gasteiger partial charge is 0.750 e. The van der Waals surface area contributed by atoms with Crippen LogP contribution in [-0.4, -0.2) is 38.8 Å². The van der Waals surface area contributed by atoms with Crippen LogP contribution < -0.4 is 0 Å². The number of hydrogen-bond acceptors (Lipinski definition) is 4. The van der Waals surface area contributed by atoms with Gasteiger partial charge in [-0.2, -0.15) is 0 Å². The van der Waals surface area contributed by atoms with Gasteiger partial charge in [0.05, 0.1) is 11.4 Å². The van der Waals surface area contributed by atoms with E-state index in [4.69, 9.17) is 0 Å². The van der Waals surface area contributed by atoms with Gasteiger partial charge in [-0.15, -0.1) is 0 Å². The van der Waals surface area contributed by atoms with Crippen molar-refractivity contribution in [3.05, 3.63) is 0 Å². The van der Waals surface area contributed by atoms with Crippen molar-refractivity contribution in [1.82, 2.24) is 4.90 Å². The maximum Gasteiger partial charge on any atom is 0.253 e. The molecule has 3 unspecified atom stereocenters. The van der Waals surface area contributed by atoms with Crippen LogP contribution in [0, 0.1) is 11.3 Å². The Morgan fingerprint density at radius 2 is 2.21 bits per heavy atom. The quantitative estimate of drug-likeness (QED) is 0.741. The molecule has 19 heavy (non-hydrogen) atoms. The van der Waals surface area contributed by atoms with Crippen molar-refractivity contribution in [2.45, 2.75) is 53.1 Å². The Labute approximate surface area is 118 Å². The first-order chi connectivity index (χ1) is 8.75. The van der Waals surface area contributed by atoms with E-state index in [2.05, 4.69) is 25.0 Å². The summed E-state index contributed by atoms with van der Waals surface area (Å²) in [4.78, 5) is 14.1. The highest BCUT2D eigenvalue weighted by Gasteiger charge is 2.33. The number of likely N-dealkylation sites (tertiary alicyclic amines) is 1. The number of carbonyl (C=O) groups is 1. The third-order valence-electron chi connectivity index (χ3n) is 3.56. The zero-order valence-corrected chi connectivity index (χ0v) is 13.0. The van der Waals surface area contributed by atoms with E-state index in [0.29, 0.717) is 25.4 Å². The minimum absolute atomic E-state index is 0.0560. The molecule has 6 heteroatoms. The molecule has 5 nitrogen and oxygen atoms in total. The Kier molecular flexibility index (Phi) is 5.95. The maximum absolute atomic E-state index is 12.3. The van der Waals surface area contributed by atoms with Crippen molar-refractivity contribution in [2.24, 2.45) is 11.3 Å². The summed E-state index contributed by atoms with van der Waals surface area (Å²) >= 11 is -2.65. The van der Waals surface area contributed by atoms with Crippen molar-refractivity contribution in [3.8, 4) is 0 Å². The van der Waals surface area contributed by atoms with Gasteiger partial charge in [0.15, 0.2) is 6.10 Å². The lowest BCUT2D eigenvalue weighted by Crippen LogP contribution is -2.44. The summed E-state index contributed by atoms with van der Waals surface area (Å²) in [5.41, 5.74) is 0.0560. The van der Waals surface area contributed by atoms with Crippen LogP contribution in [0.4, 0.5) is 0 Å². The van der Waals surface area contributed by atoms with Crippen molar-refractivity contribution >= 4 is 17.3 Å². The van der Waals surface area contributed by atoms with E-state index < -0.39 is 17.5 Å². The summed E-state index contributed by atoms with van der Waals surface area (Å²) in [5.74, 6) is 0.358. The van der Waals surface area contributed by atoms with Gasteiger partial charge >= 0.3 is 0 Å². The maximum atomic E-state index is 12.3. The average molecular weight is 290 g/mol. The van der Waals surface area contributed by atoms with Crippen LogP contribution in [0.2, 0.25) is 0 Å². The van der Waals surface area contributed by atoms with Gasteiger partial charge < -0.3 is 9.45 Å². The van der Waals surface area contributed by atoms with E-state index >= 15 is 0 Å². The van der Waals surface area contributed by atoms with Crippen LogP contribution >= 0.6 is 0 Å². The Balaban J connectivity index is 2.76. The second-order valence-electron chi connectivity index (χ2n) is 6.22. The van der Waals surface area contributed by atoms with Crippen LogP contribution in [0.5, 0.6) is 0 Å². The van der Waals surface area contributed by atoms with E-state index in [1.54, 1.807) is 11.8 Å². The normalized spacial score (nSPS) is 26.6. The molecule has 0 bridgehead atoms. The van der Waals surface area contributed by atoms with Gasteiger partial charge in [-0.25, -0.2) is 4.21 Å². The molecule has 1 amide bonds. The molecule has 1 fully saturated rings. The fourth-order valence-electron chi connectivity index (χ4n) is 2.85. The number of nitrogens with zero attached hydrogens (tertiary/aromatic N) is 1. The van der Waals surface area contributed by atoms with Gasteiger partial charge in [-0.05, 0) is 30.6 Å². The molecule has 1 aliphatic rings. The van der Waals surface area contributed by atoms with Crippen LogP contribution in [0.15, 0.2) is 0 Å². The highest BCUT2D eigenvalue weighted by atomic mass is 32.2. The van der Waals surface area contributed by atoms with Gasteiger partial charge in [-0.1, -0.05) is 27.7 Å². The van der Waals surface area contributed by atoms with E-state index in [9.17, 15) is 13.6 Å². The SMILES string of the molecule is CCC(OS(=O)[O-])C(=O)N1CCC(C)CC(C)(C)C1. The predicted octanol–water partition coefficient (Wildman–Crippen LogP) is 1.86. The van der Waals surface area contributed by atoms with Gasteiger partial charge in [0.2, 0.25) is 0 Å². The molecule has 0 saturated carbocycles. The molecular weight excluding hydrogens is 266 g/mol. The lowest BCUT2D eigenvalue weighted by molar-refractivity contribution is -0.139. The molecular formula is C13H24NO4S-. The highest BCUT2D eigenvalue weighted by molar-refractivity contribution is 7.74. The molecule has 1 rings (SSSR count). The number of amides is 1. The van der Waals surface area contributed by atoms with Gasteiger partial charge in [0.25, 0.3) is 5.91 Å². The smallest absolute Gasteiger partial charge is 0.253 e. The molecule has 0 radical (unpaired) electrons. The van der Waals surface area contributed by atoms with Gasteiger partial charge in [0.1, 0.15) is 0 Å². The van der Waals surface area contributed by atoms with Crippen molar-refractivity contribution in [1.29, 1.82) is 0 Å². The summed E-state index contributed by atoms with van der Waals surface area (Å²) in [6.45, 7) is 9.55. The van der Waals surface area contributed by atoms with E-state index in [1.165, 1.54) is 0 Å². The zero-order valence-electron chi connectivity index (χ0n) is 12.2. The summed E-state index contributed by atoms with van der Waals surface area (Å²) in [6.07, 6.45) is 1.50. The summed E-state index contributed by atoms with van der Waals surface area (Å²) < 4.78 is 25.9. The Morgan fingerprint density at radius 1 is 1.58 bits per heavy atom. The molecule has 112 valence electrons. The molecule has 1 heterocycles. The zero-order chi connectivity index (χ0) is 14.6. The fraction of sp³-hybridized carbons (Fsp3) is 0.923. The molecule has 0 aromatic heterocycles. The monoisotopic (exact) mass is 290 g/mol. The van der Waals surface area contributed by atoms with Crippen LogP contribution in [-0.2, 0) is 20.3 Å². The minimum Gasteiger partial charge on any atom is -0.750 e. The van der Waals surface area contributed by atoms with E-state index in [-0.39, 0.29) is 11.3 Å². The number of rotatable bonds is 4. The molecule has 0 aromatic rings. The Morgan fingerprint density at radius 3 is 2.74 bits per heavy atom. The standard InChI is InChI=1S/C13H25NO4S/c1-5-11(18-19(16)17)12(15)14-7-6-10(2)8-13(3,4)9-14/h10-11H,5-9H2,1-4H3,(H,16,17)/p-1. The average Bonchev–Trinajstić information content (AvgIpc) is 2.42. The highest BCUT2D eigenvalue weighted by Crippen LogP contribution is 2.32. The third kappa shape index (κ3) is 5.20. The summed E-state index contributed by atoms with van der Waals surface area (Å²) in [6, 6.07) is 0. The first kappa shape index (κ1) is 16.6. The molecule has 0 N–H and O–H groups in total. The van der Waals surface area contributed by atoms with E-state index in [0.717, 1.165) is 12.8 Å². The second kappa shape index (κ2) is 6.81.